The number of carbonyl (C=O) groups is 1. The molecule has 0 saturated heterocycles. The van der Waals surface area contributed by atoms with Crippen molar-refractivity contribution in [2.75, 3.05) is 18.6 Å². The first kappa shape index (κ1) is 21.3. The molecular formula is C20H23NO6S2. The van der Waals surface area contributed by atoms with Crippen molar-refractivity contribution in [1.29, 1.82) is 0 Å². The average Bonchev–Trinajstić information content (AvgIpc) is 2.67. The summed E-state index contributed by atoms with van der Waals surface area (Å²) in [5, 5.41) is 2.91. The summed E-state index contributed by atoms with van der Waals surface area (Å²) in [5.74, 6) is 0.381. The standard InChI is InChI=1S/C20H23NO6S2/c1-28(23,24)16-10-8-15(9-11-16)27-13-4-7-20(22)21-18-12-14-29(25,26)19-6-3-2-5-17(18)19/h2-3,5-6,8-11,18H,4,7,12-14H2,1H3,(H,21,22). The maximum Gasteiger partial charge on any atom is 0.220 e. The van der Waals surface area contributed by atoms with Crippen molar-refractivity contribution in [2.24, 2.45) is 0 Å². The largest absolute Gasteiger partial charge is 0.494 e. The van der Waals surface area contributed by atoms with E-state index in [1.165, 1.54) is 12.1 Å². The average molecular weight is 438 g/mol. The fourth-order valence-corrected chi connectivity index (χ4v) is 5.46. The lowest BCUT2D eigenvalue weighted by Gasteiger charge is -2.26. The van der Waals surface area contributed by atoms with Crippen LogP contribution in [0, 0.1) is 0 Å². The number of sulfone groups is 2. The summed E-state index contributed by atoms with van der Waals surface area (Å²) in [4.78, 5) is 12.8. The quantitative estimate of drug-likeness (QED) is 0.666. The molecule has 1 heterocycles. The Balaban J connectivity index is 1.48. The number of hydrogen-bond acceptors (Lipinski definition) is 6. The van der Waals surface area contributed by atoms with E-state index in [1.54, 1.807) is 36.4 Å². The molecule has 1 aliphatic heterocycles. The molecule has 2 aromatic rings. The Labute approximate surface area is 170 Å². The van der Waals surface area contributed by atoms with Gasteiger partial charge in [0.15, 0.2) is 19.7 Å². The van der Waals surface area contributed by atoms with Gasteiger partial charge in [0, 0.05) is 12.7 Å². The van der Waals surface area contributed by atoms with E-state index in [1.807, 2.05) is 0 Å². The van der Waals surface area contributed by atoms with E-state index in [4.69, 9.17) is 4.74 Å². The van der Waals surface area contributed by atoms with Gasteiger partial charge < -0.3 is 10.1 Å². The molecule has 29 heavy (non-hydrogen) atoms. The van der Waals surface area contributed by atoms with Crippen LogP contribution < -0.4 is 10.1 Å². The lowest BCUT2D eigenvalue weighted by molar-refractivity contribution is -0.122. The molecule has 9 heteroatoms. The van der Waals surface area contributed by atoms with Crippen molar-refractivity contribution in [3.8, 4) is 5.75 Å². The van der Waals surface area contributed by atoms with Gasteiger partial charge in [0.2, 0.25) is 5.91 Å². The Morgan fingerprint density at radius 1 is 1.14 bits per heavy atom. The normalized spacial score (nSPS) is 17.9. The molecule has 0 aliphatic carbocycles. The van der Waals surface area contributed by atoms with Crippen LogP contribution in [0.1, 0.15) is 30.9 Å². The molecule has 0 radical (unpaired) electrons. The Morgan fingerprint density at radius 2 is 1.83 bits per heavy atom. The van der Waals surface area contributed by atoms with Gasteiger partial charge in [-0.3, -0.25) is 4.79 Å². The first-order valence-electron chi connectivity index (χ1n) is 9.21. The second kappa shape index (κ2) is 8.54. The van der Waals surface area contributed by atoms with Gasteiger partial charge in [0.1, 0.15) is 5.75 Å². The molecule has 1 aliphatic rings. The molecule has 0 bridgehead atoms. The molecule has 0 saturated carbocycles. The third-order valence-electron chi connectivity index (χ3n) is 4.71. The number of hydrogen-bond donors (Lipinski definition) is 1. The molecular weight excluding hydrogens is 414 g/mol. The summed E-state index contributed by atoms with van der Waals surface area (Å²) in [5.41, 5.74) is 0.634. The molecule has 0 spiro atoms. The van der Waals surface area contributed by atoms with Crippen LogP contribution in [-0.4, -0.2) is 41.4 Å². The van der Waals surface area contributed by atoms with Crippen LogP contribution in [0.2, 0.25) is 0 Å². The van der Waals surface area contributed by atoms with E-state index in [-0.39, 0.29) is 33.9 Å². The summed E-state index contributed by atoms with van der Waals surface area (Å²) in [6, 6.07) is 12.6. The fourth-order valence-electron chi connectivity index (χ4n) is 3.21. The molecule has 156 valence electrons. The number of fused-ring (bicyclic) bond motifs is 1. The van der Waals surface area contributed by atoms with Gasteiger partial charge in [-0.05, 0) is 48.7 Å². The summed E-state index contributed by atoms with van der Waals surface area (Å²) in [6.07, 6.45) is 2.22. The first-order chi connectivity index (χ1) is 13.7. The summed E-state index contributed by atoms with van der Waals surface area (Å²) in [6.45, 7) is 0.307. The van der Waals surface area contributed by atoms with E-state index < -0.39 is 19.7 Å². The van der Waals surface area contributed by atoms with Crippen molar-refractivity contribution in [3.63, 3.8) is 0 Å². The topological polar surface area (TPSA) is 107 Å². The van der Waals surface area contributed by atoms with Crippen molar-refractivity contribution in [3.05, 3.63) is 54.1 Å². The van der Waals surface area contributed by atoms with Gasteiger partial charge in [-0.1, -0.05) is 18.2 Å². The number of amides is 1. The van der Waals surface area contributed by atoms with E-state index in [0.29, 0.717) is 30.8 Å². The van der Waals surface area contributed by atoms with E-state index in [2.05, 4.69) is 5.32 Å². The van der Waals surface area contributed by atoms with Gasteiger partial charge in [-0.25, -0.2) is 16.8 Å². The second-order valence-corrected chi connectivity index (χ2v) is 11.1. The molecule has 1 atom stereocenters. The summed E-state index contributed by atoms with van der Waals surface area (Å²) < 4.78 is 52.7. The molecule has 0 fully saturated rings. The van der Waals surface area contributed by atoms with Crippen molar-refractivity contribution < 1.29 is 26.4 Å². The number of nitrogens with one attached hydrogen (secondary N) is 1. The number of carbonyl (C=O) groups excluding carboxylic acids is 1. The Hall–Kier alpha value is -2.39. The minimum Gasteiger partial charge on any atom is -0.494 e. The van der Waals surface area contributed by atoms with Crippen LogP contribution in [0.25, 0.3) is 0 Å². The molecule has 3 rings (SSSR count). The Bertz CT molecular complexity index is 1090. The zero-order chi connectivity index (χ0) is 21.1. The molecule has 7 nitrogen and oxygen atoms in total. The van der Waals surface area contributed by atoms with Crippen LogP contribution in [0.15, 0.2) is 58.3 Å². The monoisotopic (exact) mass is 437 g/mol. The number of benzene rings is 2. The lowest BCUT2D eigenvalue weighted by Crippen LogP contribution is -2.33. The maximum atomic E-state index is 12.3. The van der Waals surface area contributed by atoms with Gasteiger partial charge >= 0.3 is 0 Å². The maximum absolute atomic E-state index is 12.3. The van der Waals surface area contributed by atoms with Crippen molar-refractivity contribution in [1.82, 2.24) is 5.32 Å². The van der Waals surface area contributed by atoms with Crippen LogP contribution in [0.3, 0.4) is 0 Å². The smallest absolute Gasteiger partial charge is 0.220 e. The van der Waals surface area contributed by atoms with Gasteiger partial charge in [-0.2, -0.15) is 0 Å². The highest BCUT2D eigenvalue weighted by Crippen LogP contribution is 2.31. The molecule has 1 amide bonds. The highest BCUT2D eigenvalue weighted by atomic mass is 32.2. The highest BCUT2D eigenvalue weighted by Gasteiger charge is 2.30. The molecule has 2 aromatic carbocycles. The summed E-state index contributed by atoms with van der Waals surface area (Å²) >= 11 is 0. The Kier molecular flexibility index (Phi) is 6.28. The van der Waals surface area contributed by atoms with Crippen LogP contribution in [-0.2, 0) is 24.5 Å². The first-order valence-corrected chi connectivity index (χ1v) is 12.8. The molecule has 1 unspecified atom stereocenters. The van der Waals surface area contributed by atoms with Gasteiger partial charge in [-0.15, -0.1) is 0 Å². The van der Waals surface area contributed by atoms with Gasteiger partial charge in [0.25, 0.3) is 0 Å². The lowest BCUT2D eigenvalue weighted by atomic mass is 10.0. The van der Waals surface area contributed by atoms with E-state index >= 15 is 0 Å². The molecule has 1 N–H and O–H groups in total. The summed E-state index contributed by atoms with van der Waals surface area (Å²) in [7, 11) is -6.53. The third-order valence-corrected chi connectivity index (χ3v) is 7.65. The predicted molar refractivity (Wildman–Crippen MR) is 108 cm³/mol. The van der Waals surface area contributed by atoms with Crippen molar-refractivity contribution in [2.45, 2.75) is 35.1 Å². The minimum absolute atomic E-state index is 0.0154. The minimum atomic E-state index is -3.28. The second-order valence-electron chi connectivity index (χ2n) is 6.96. The van der Waals surface area contributed by atoms with Crippen LogP contribution >= 0.6 is 0 Å². The van der Waals surface area contributed by atoms with Crippen LogP contribution in [0.5, 0.6) is 5.75 Å². The Morgan fingerprint density at radius 3 is 2.52 bits per heavy atom. The zero-order valence-corrected chi connectivity index (χ0v) is 17.6. The van der Waals surface area contributed by atoms with Gasteiger partial charge in [0.05, 0.1) is 28.2 Å². The van der Waals surface area contributed by atoms with Crippen LogP contribution in [0.4, 0.5) is 0 Å². The molecule has 0 aromatic heterocycles. The fraction of sp³-hybridized carbons (Fsp3) is 0.350. The number of ether oxygens (including phenoxy) is 1. The van der Waals surface area contributed by atoms with E-state index in [9.17, 15) is 21.6 Å². The SMILES string of the molecule is CS(=O)(=O)c1ccc(OCCCC(=O)NC2CCS(=O)(=O)c3ccccc32)cc1. The van der Waals surface area contributed by atoms with E-state index in [0.717, 1.165) is 6.26 Å². The third kappa shape index (κ3) is 5.36. The number of rotatable bonds is 7. The predicted octanol–water partition coefficient (Wildman–Crippen LogP) is 2.28. The van der Waals surface area contributed by atoms with Crippen molar-refractivity contribution >= 4 is 25.6 Å². The zero-order valence-electron chi connectivity index (χ0n) is 16.0. The highest BCUT2D eigenvalue weighted by molar-refractivity contribution is 7.91.